The zero-order chi connectivity index (χ0) is 16.2. The van der Waals surface area contributed by atoms with Gasteiger partial charge in [0.2, 0.25) is 15.9 Å². The second-order valence-electron chi connectivity index (χ2n) is 5.52. The van der Waals surface area contributed by atoms with Gasteiger partial charge in [0.25, 0.3) is 0 Å². The maximum atomic E-state index is 12.8. The molecule has 1 aromatic heterocycles. The van der Waals surface area contributed by atoms with Gasteiger partial charge in [0.1, 0.15) is 6.04 Å². The molecule has 1 unspecified atom stereocenters. The van der Waals surface area contributed by atoms with Crippen molar-refractivity contribution in [2.75, 3.05) is 18.8 Å². The van der Waals surface area contributed by atoms with E-state index in [2.05, 4.69) is 0 Å². The first-order valence-corrected chi connectivity index (χ1v) is 10.3. The predicted octanol–water partition coefficient (Wildman–Crippen LogP) is 2.30. The third-order valence-corrected chi connectivity index (χ3v) is 6.87. The lowest BCUT2D eigenvalue weighted by Gasteiger charge is -2.29. The standard InChI is InChI=1S/C15H24N2O3S2/c1-3-11-22(19,20)17-9-5-8-14(17)15(18)16(4-2)12-13-7-6-10-21-13/h6-7,10,14H,3-5,8-9,11-12H2,1-2H3. The van der Waals surface area contributed by atoms with Gasteiger partial charge in [-0.1, -0.05) is 13.0 Å². The summed E-state index contributed by atoms with van der Waals surface area (Å²) in [5, 5.41) is 1.99. The molecule has 1 amide bonds. The fraction of sp³-hybridized carbons (Fsp3) is 0.667. The average Bonchev–Trinajstić information content (AvgIpc) is 3.15. The van der Waals surface area contributed by atoms with Crippen LogP contribution < -0.4 is 0 Å². The van der Waals surface area contributed by atoms with E-state index in [0.29, 0.717) is 32.5 Å². The zero-order valence-corrected chi connectivity index (χ0v) is 14.8. The summed E-state index contributed by atoms with van der Waals surface area (Å²) in [4.78, 5) is 15.7. The van der Waals surface area contributed by atoms with Gasteiger partial charge in [-0.05, 0) is 37.6 Å². The van der Waals surface area contributed by atoms with E-state index in [4.69, 9.17) is 0 Å². The van der Waals surface area contributed by atoms with Crippen LogP contribution in [0.1, 0.15) is 38.0 Å². The minimum Gasteiger partial charge on any atom is -0.336 e. The van der Waals surface area contributed by atoms with Crippen LogP contribution in [0, 0.1) is 0 Å². The van der Waals surface area contributed by atoms with Crippen molar-refractivity contribution in [2.24, 2.45) is 0 Å². The molecule has 0 aliphatic carbocycles. The van der Waals surface area contributed by atoms with Crippen LogP contribution in [0.2, 0.25) is 0 Å². The minimum atomic E-state index is -3.32. The number of hydrogen-bond donors (Lipinski definition) is 0. The Morgan fingerprint density at radius 3 is 2.82 bits per heavy atom. The number of hydrogen-bond acceptors (Lipinski definition) is 4. The molecular formula is C15H24N2O3S2. The molecule has 2 rings (SSSR count). The second-order valence-corrected chi connectivity index (χ2v) is 8.59. The molecule has 1 aromatic rings. The van der Waals surface area contributed by atoms with Crippen molar-refractivity contribution in [3.8, 4) is 0 Å². The topological polar surface area (TPSA) is 57.7 Å². The third-order valence-electron chi connectivity index (χ3n) is 3.93. The number of nitrogens with zero attached hydrogens (tertiary/aromatic N) is 2. The van der Waals surface area contributed by atoms with Gasteiger partial charge >= 0.3 is 0 Å². The van der Waals surface area contributed by atoms with Gasteiger partial charge < -0.3 is 4.90 Å². The zero-order valence-electron chi connectivity index (χ0n) is 13.2. The fourth-order valence-electron chi connectivity index (χ4n) is 2.84. The highest BCUT2D eigenvalue weighted by molar-refractivity contribution is 7.89. The van der Waals surface area contributed by atoms with Crippen molar-refractivity contribution in [1.29, 1.82) is 0 Å². The van der Waals surface area contributed by atoms with Gasteiger partial charge in [-0.2, -0.15) is 4.31 Å². The van der Waals surface area contributed by atoms with Crippen molar-refractivity contribution in [3.05, 3.63) is 22.4 Å². The van der Waals surface area contributed by atoms with Crippen LogP contribution in [0.25, 0.3) is 0 Å². The van der Waals surface area contributed by atoms with E-state index in [0.717, 1.165) is 11.3 Å². The molecule has 0 radical (unpaired) electrons. The first-order valence-electron chi connectivity index (χ1n) is 7.80. The molecule has 5 nitrogen and oxygen atoms in total. The fourth-order valence-corrected chi connectivity index (χ4v) is 5.30. The van der Waals surface area contributed by atoms with Gasteiger partial charge in [0.05, 0.1) is 12.3 Å². The summed E-state index contributed by atoms with van der Waals surface area (Å²) >= 11 is 1.62. The molecule has 0 bridgehead atoms. The summed E-state index contributed by atoms with van der Waals surface area (Å²) in [6.07, 6.45) is 1.96. The first-order chi connectivity index (χ1) is 10.5. The monoisotopic (exact) mass is 344 g/mol. The highest BCUT2D eigenvalue weighted by Crippen LogP contribution is 2.24. The lowest BCUT2D eigenvalue weighted by atomic mass is 10.2. The van der Waals surface area contributed by atoms with Gasteiger partial charge in [0, 0.05) is 18.0 Å². The summed E-state index contributed by atoms with van der Waals surface area (Å²) in [6, 6.07) is 3.45. The molecule has 22 heavy (non-hydrogen) atoms. The number of likely N-dealkylation sites (N-methyl/N-ethyl adjacent to an activating group) is 1. The molecule has 1 atom stereocenters. The highest BCUT2D eigenvalue weighted by Gasteiger charge is 2.39. The maximum Gasteiger partial charge on any atom is 0.241 e. The molecule has 1 aliphatic rings. The Balaban J connectivity index is 2.12. The molecule has 0 N–H and O–H groups in total. The van der Waals surface area contributed by atoms with Gasteiger partial charge in [-0.25, -0.2) is 8.42 Å². The van der Waals surface area contributed by atoms with Crippen LogP contribution >= 0.6 is 11.3 Å². The van der Waals surface area contributed by atoms with Gasteiger partial charge in [-0.3, -0.25) is 4.79 Å². The van der Waals surface area contributed by atoms with Crippen LogP contribution in [-0.2, 0) is 21.4 Å². The molecule has 2 heterocycles. The molecule has 1 saturated heterocycles. The molecule has 0 spiro atoms. The lowest BCUT2D eigenvalue weighted by molar-refractivity contribution is -0.135. The van der Waals surface area contributed by atoms with Crippen LogP contribution in [0.3, 0.4) is 0 Å². The molecule has 0 saturated carbocycles. The third kappa shape index (κ3) is 3.88. The average molecular weight is 345 g/mol. The predicted molar refractivity (Wildman–Crippen MR) is 89.2 cm³/mol. The quantitative estimate of drug-likeness (QED) is 0.762. The number of carbonyl (C=O) groups excluding carboxylic acids is 1. The number of amides is 1. The molecule has 1 aliphatic heterocycles. The van der Waals surface area contributed by atoms with Crippen LogP contribution in [0.5, 0.6) is 0 Å². The summed E-state index contributed by atoms with van der Waals surface area (Å²) in [5.74, 6) is 0.0569. The largest absolute Gasteiger partial charge is 0.336 e. The van der Waals surface area contributed by atoms with E-state index in [9.17, 15) is 13.2 Å². The first kappa shape index (κ1) is 17.4. The smallest absolute Gasteiger partial charge is 0.241 e. The maximum absolute atomic E-state index is 12.8. The number of sulfonamides is 1. The van der Waals surface area contributed by atoms with Gasteiger partial charge in [-0.15, -0.1) is 11.3 Å². The van der Waals surface area contributed by atoms with Crippen molar-refractivity contribution >= 4 is 27.3 Å². The molecule has 7 heteroatoms. The number of rotatable bonds is 7. The normalized spacial score (nSPS) is 19.5. The van der Waals surface area contributed by atoms with E-state index < -0.39 is 16.1 Å². The van der Waals surface area contributed by atoms with E-state index in [1.54, 1.807) is 16.2 Å². The Labute approximate surface area is 137 Å². The van der Waals surface area contributed by atoms with Crippen molar-refractivity contribution in [1.82, 2.24) is 9.21 Å². The lowest BCUT2D eigenvalue weighted by Crippen LogP contribution is -2.47. The van der Waals surface area contributed by atoms with Crippen molar-refractivity contribution in [2.45, 2.75) is 45.7 Å². The Morgan fingerprint density at radius 1 is 1.45 bits per heavy atom. The van der Waals surface area contributed by atoms with E-state index in [1.165, 1.54) is 4.31 Å². The van der Waals surface area contributed by atoms with Crippen LogP contribution in [-0.4, -0.2) is 48.4 Å². The minimum absolute atomic E-state index is 0.0620. The molecule has 1 fully saturated rings. The summed E-state index contributed by atoms with van der Waals surface area (Å²) in [6.45, 7) is 5.40. The van der Waals surface area contributed by atoms with E-state index in [-0.39, 0.29) is 11.7 Å². The highest BCUT2D eigenvalue weighted by atomic mass is 32.2. The Morgan fingerprint density at radius 2 is 2.23 bits per heavy atom. The molecular weight excluding hydrogens is 320 g/mol. The van der Waals surface area contributed by atoms with E-state index in [1.807, 2.05) is 31.4 Å². The summed E-state index contributed by atoms with van der Waals surface area (Å²) in [7, 11) is -3.32. The summed E-state index contributed by atoms with van der Waals surface area (Å²) < 4.78 is 26.1. The summed E-state index contributed by atoms with van der Waals surface area (Å²) in [5.41, 5.74) is 0. The Kier molecular flexibility index (Phi) is 6.00. The molecule has 124 valence electrons. The number of carbonyl (C=O) groups is 1. The Hall–Kier alpha value is -0.920. The Bertz CT molecular complexity index is 584. The van der Waals surface area contributed by atoms with E-state index >= 15 is 0 Å². The van der Waals surface area contributed by atoms with Crippen LogP contribution in [0.4, 0.5) is 0 Å². The van der Waals surface area contributed by atoms with Crippen LogP contribution in [0.15, 0.2) is 17.5 Å². The second kappa shape index (κ2) is 7.57. The van der Waals surface area contributed by atoms with Crippen molar-refractivity contribution in [3.63, 3.8) is 0 Å². The van der Waals surface area contributed by atoms with Gasteiger partial charge in [0.15, 0.2) is 0 Å². The van der Waals surface area contributed by atoms with Crippen molar-refractivity contribution < 1.29 is 13.2 Å². The SMILES string of the molecule is CCCS(=O)(=O)N1CCCC1C(=O)N(CC)Cc1cccs1. The molecule has 0 aromatic carbocycles. The number of thiophene rings is 1.